The van der Waals surface area contributed by atoms with E-state index in [9.17, 15) is 0 Å². The summed E-state index contributed by atoms with van der Waals surface area (Å²) in [6, 6.07) is 11.1. The Hall–Kier alpha value is -0.800. The molecule has 2 aromatic rings. The predicted octanol–water partition coefficient (Wildman–Crippen LogP) is 5.38. The Kier molecular flexibility index (Phi) is 4.24. The van der Waals surface area contributed by atoms with Crippen molar-refractivity contribution in [1.29, 1.82) is 0 Å². The summed E-state index contributed by atoms with van der Waals surface area (Å²) >= 11 is 5.30. The molecule has 1 heterocycles. The molecule has 1 aromatic heterocycles. The van der Waals surface area contributed by atoms with Gasteiger partial charge < -0.3 is 5.32 Å². The average molecular weight is 310 g/mol. The molecule has 0 saturated heterocycles. The van der Waals surface area contributed by atoms with Crippen LogP contribution in [-0.4, -0.2) is 0 Å². The zero-order valence-corrected chi connectivity index (χ0v) is 12.4. The zero-order chi connectivity index (χ0) is 12.3. The average Bonchev–Trinajstić information content (AvgIpc) is 2.81. The number of anilines is 1. The lowest BCUT2D eigenvalue weighted by atomic mass is 10.1. The van der Waals surface area contributed by atoms with Gasteiger partial charge in [-0.2, -0.15) is 0 Å². The maximum Gasteiger partial charge on any atom is 0.0604 e. The third kappa shape index (κ3) is 3.11. The van der Waals surface area contributed by atoms with Crippen LogP contribution in [0.4, 0.5) is 5.69 Å². The van der Waals surface area contributed by atoms with Crippen molar-refractivity contribution in [2.24, 2.45) is 0 Å². The van der Waals surface area contributed by atoms with Gasteiger partial charge in [0, 0.05) is 15.0 Å². The molecule has 1 atom stereocenters. The first-order valence-corrected chi connectivity index (χ1v) is 7.44. The molecule has 0 bridgehead atoms. The molecule has 0 aliphatic carbocycles. The largest absolute Gasteiger partial charge is 0.377 e. The quantitative estimate of drug-likeness (QED) is 0.799. The van der Waals surface area contributed by atoms with Crippen LogP contribution in [0.15, 0.2) is 40.2 Å². The molecule has 0 saturated carbocycles. The second kappa shape index (κ2) is 5.69. The van der Waals surface area contributed by atoms with Crippen molar-refractivity contribution in [3.05, 3.63) is 50.6 Å². The van der Waals surface area contributed by atoms with E-state index in [0.29, 0.717) is 6.04 Å². The zero-order valence-electron chi connectivity index (χ0n) is 10.0. The summed E-state index contributed by atoms with van der Waals surface area (Å²) in [7, 11) is 0. The first-order chi connectivity index (χ1) is 8.20. The molecule has 0 aliphatic rings. The van der Waals surface area contributed by atoms with Crippen molar-refractivity contribution >= 4 is 33.0 Å². The van der Waals surface area contributed by atoms with Gasteiger partial charge in [0.05, 0.1) is 6.04 Å². The molecule has 3 heteroatoms. The molecule has 0 fully saturated rings. The maximum absolute atomic E-state index is 3.62. The topological polar surface area (TPSA) is 12.0 Å². The van der Waals surface area contributed by atoms with Gasteiger partial charge in [-0.15, -0.1) is 11.3 Å². The first kappa shape index (κ1) is 12.7. The Bertz CT molecular complexity index is 479. The number of benzene rings is 1. The van der Waals surface area contributed by atoms with E-state index in [1.54, 1.807) is 0 Å². The Morgan fingerprint density at radius 1 is 1.35 bits per heavy atom. The van der Waals surface area contributed by atoms with Crippen LogP contribution in [0.2, 0.25) is 0 Å². The summed E-state index contributed by atoms with van der Waals surface area (Å²) in [4.78, 5) is 1.40. The molecule has 17 heavy (non-hydrogen) atoms. The molecule has 1 N–H and O–H groups in total. The van der Waals surface area contributed by atoms with Gasteiger partial charge in [-0.05, 0) is 48.6 Å². The third-order valence-electron chi connectivity index (χ3n) is 2.81. The number of thiophene rings is 1. The van der Waals surface area contributed by atoms with Gasteiger partial charge >= 0.3 is 0 Å². The van der Waals surface area contributed by atoms with Crippen molar-refractivity contribution < 1.29 is 0 Å². The molecule has 0 radical (unpaired) electrons. The highest BCUT2D eigenvalue weighted by molar-refractivity contribution is 9.10. The van der Waals surface area contributed by atoms with Crippen molar-refractivity contribution in [3.8, 4) is 0 Å². The van der Waals surface area contributed by atoms with Crippen LogP contribution in [0.1, 0.15) is 29.8 Å². The minimum absolute atomic E-state index is 0.412. The fourth-order valence-corrected chi connectivity index (χ4v) is 3.18. The fourth-order valence-electron chi connectivity index (χ4n) is 1.84. The van der Waals surface area contributed by atoms with E-state index in [0.717, 1.165) is 10.9 Å². The molecular weight excluding hydrogens is 294 g/mol. The molecule has 90 valence electrons. The molecule has 1 aromatic carbocycles. The molecule has 0 amide bonds. The van der Waals surface area contributed by atoms with E-state index >= 15 is 0 Å². The highest BCUT2D eigenvalue weighted by Gasteiger charge is 2.11. The lowest BCUT2D eigenvalue weighted by Crippen LogP contribution is -2.08. The Morgan fingerprint density at radius 2 is 2.18 bits per heavy atom. The highest BCUT2D eigenvalue weighted by atomic mass is 79.9. The monoisotopic (exact) mass is 309 g/mol. The normalized spacial score (nSPS) is 12.4. The van der Waals surface area contributed by atoms with Crippen molar-refractivity contribution in [2.75, 3.05) is 5.32 Å². The second-order valence-corrected chi connectivity index (χ2v) is 5.97. The molecule has 2 rings (SSSR count). The minimum atomic E-state index is 0.412. The summed E-state index contributed by atoms with van der Waals surface area (Å²) in [6.07, 6.45) is 1.09. The van der Waals surface area contributed by atoms with E-state index in [1.165, 1.54) is 16.1 Å². The SMILES string of the molecule is CCC(Nc1ccc(Br)cc1C)c1cccs1. The van der Waals surface area contributed by atoms with Crippen LogP contribution in [0, 0.1) is 6.92 Å². The maximum atomic E-state index is 3.62. The van der Waals surface area contributed by atoms with Gasteiger partial charge in [0.1, 0.15) is 0 Å². The number of rotatable bonds is 4. The van der Waals surface area contributed by atoms with Crippen LogP contribution in [-0.2, 0) is 0 Å². The highest BCUT2D eigenvalue weighted by Crippen LogP contribution is 2.28. The Morgan fingerprint density at radius 3 is 2.76 bits per heavy atom. The van der Waals surface area contributed by atoms with Gasteiger partial charge in [-0.1, -0.05) is 28.9 Å². The predicted molar refractivity (Wildman–Crippen MR) is 79.9 cm³/mol. The number of aryl methyl sites for hydroxylation is 1. The van der Waals surface area contributed by atoms with Gasteiger partial charge in [-0.3, -0.25) is 0 Å². The minimum Gasteiger partial charge on any atom is -0.377 e. The summed E-state index contributed by atoms with van der Waals surface area (Å²) in [5.74, 6) is 0. The van der Waals surface area contributed by atoms with E-state index < -0.39 is 0 Å². The van der Waals surface area contributed by atoms with Crippen LogP contribution in [0.5, 0.6) is 0 Å². The van der Waals surface area contributed by atoms with Crippen LogP contribution in [0.25, 0.3) is 0 Å². The van der Waals surface area contributed by atoms with Gasteiger partial charge in [0.25, 0.3) is 0 Å². The summed E-state index contributed by atoms with van der Waals surface area (Å²) < 4.78 is 1.13. The van der Waals surface area contributed by atoms with Gasteiger partial charge in [-0.25, -0.2) is 0 Å². The van der Waals surface area contributed by atoms with Crippen molar-refractivity contribution in [2.45, 2.75) is 26.3 Å². The Balaban J connectivity index is 2.19. The number of halogens is 1. The van der Waals surface area contributed by atoms with E-state index in [1.807, 2.05) is 11.3 Å². The van der Waals surface area contributed by atoms with E-state index in [4.69, 9.17) is 0 Å². The van der Waals surface area contributed by atoms with Crippen LogP contribution >= 0.6 is 27.3 Å². The molecule has 0 spiro atoms. The van der Waals surface area contributed by atoms with Crippen LogP contribution in [0.3, 0.4) is 0 Å². The smallest absolute Gasteiger partial charge is 0.0604 e. The number of hydrogen-bond donors (Lipinski definition) is 1. The first-order valence-electron chi connectivity index (χ1n) is 5.76. The third-order valence-corrected chi connectivity index (χ3v) is 4.29. The van der Waals surface area contributed by atoms with Crippen molar-refractivity contribution in [1.82, 2.24) is 0 Å². The Labute approximate surface area is 115 Å². The standard InChI is InChI=1S/C14H16BrNS/c1-3-12(14-5-4-8-17-14)16-13-7-6-11(15)9-10(13)2/h4-9,12,16H,3H2,1-2H3. The number of nitrogens with one attached hydrogen (secondary N) is 1. The molecule has 1 unspecified atom stereocenters. The lowest BCUT2D eigenvalue weighted by Gasteiger charge is -2.18. The van der Waals surface area contributed by atoms with Gasteiger partial charge in [0.2, 0.25) is 0 Å². The second-order valence-electron chi connectivity index (χ2n) is 4.08. The fraction of sp³-hybridized carbons (Fsp3) is 0.286. The lowest BCUT2D eigenvalue weighted by molar-refractivity contribution is 0.763. The number of hydrogen-bond acceptors (Lipinski definition) is 2. The van der Waals surface area contributed by atoms with Crippen LogP contribution < -0.4 is 5.32 Å². The summed E-state index contributed by atoms with van der Waals surface area (Å²) in [6.45, 7) is 4.35. The summed E-state index contributed by atoms with van der Waals surface area (Å²) in [5, 5.41) is 5.75. The molecular formula is C14H16BrNS. The van der Waals surface area contributed by atoms with Gasteiger partial charge in [0.15, 0.2) is 0 Å². The van der Waals surface area contributed by atoms with E-state index in [-0.39, 0.29) is 0 Å². The molecule has 0 aliphatic heterocycles. The summed E-state index contributed by atoms with van der Waals surface area (Å²) in [5.41, 5.74) is 2.49. The van der Waals surface area contributed by atoms with E-state index in [2.05, 4.69) is 70.8 Å². The van der Waals surface area contributed by atoms with Crippen molar-refractivity contribution in [3.63, 3.8) is 0 Å². The molecule has 1 nitrogen and oxygen atoms in total.